The minimum atomic E-state index is 0. The van der Waals surface area contributed by atoms with Crippen LogP contribution in [0.2, 0.25) is 0 Å². The van der Waals surface area contributed by atoms with Crippen molar-refractivity contribution in [3.63, 3.8) is 0 Å². The molecule has 2 aromatic rings. The number of piperidine rings is 1. The zero-order chi connectivity index (χ0) is 19.1. The second-order valence-corrected chi connectivity index (χ2v) is 7.88. The standard InChI is InChI=1S/C20H29BrN6.HI/c1-3-22-20(23-14-19-8-11-24-26(19)2)25-18-9-12-27(13-10-18)15-16-4-6-17(21)7-5-16;/h4-8,11,18H,3,9-10,12-15H2,1-2H3,(H2,22,23,25);1H. The molecule has 2 heterocycles. The number of hydrogen-bond donors (Lipinski definition) is 2. The van der Waals surface area contributed by atoms with E-state index in [1.807, 2.05) is 24.0 Å². The maximum absolute atomic E-state index is 4.72. The Morgan fingerprint density at radius 2 is 1.93 bits per heavy atom. The van der Waals surface area contributed by atoms with Crippen LogP contribution < -0.4 is 10.6 Å². The Bertz CT molecular complexity index is 737. The van der Waals surface area contributed by atoms with Gasteiger partial charge in [0.25, 0.3) is 0 Å². The molecule has 1 aromatic heterocycles. The average molecular weight is 561 g/mol. The molecule has 1 aromatic carbocycles. The van der Waals surface area contributed by atoms with Crippen molar-refractivity contribution in [2.75, 3.05) is 19.6 Å². The van der Waals surface area contributed by atoms with Crippen LogP contribution in [-0.2, 0) is 20.1 Å². The van der Waals surface area contributed by atoms with Gasteiger partial charge in [-0.3, -0.25) is 9.58 Å². The van der Waals surface area contributed by atoms with E-state index in [2.05, 4.69) is 67.8 Å². The molecule has 0 amide bonds. The van der Waals surface area contributed by atoms with E-state index >= 15 is 0 Å². The van der Waals surface area contributed by atoms with Gasteiger partial charge in [0.2, 0.25) is 0 Å². The first-order valence-corrected chi connectivity index (χ1v) is 10.4. The summed E-state index contributed by atoms with van der Waals surface area (Å²) in [5.41, 5.74) is 2.48. The van der Waals surface area contributed by atoms with Crippen LogP contribution in [0.5, 0.6) is 0 Å². The smallest absolute Gasteiger partial charge is 0.191 e. The van der Waals surface area contributed by atoms with Crippen molar-refractivity contribution in [1.29, 1.82) is 0 Å². The zero-order valence-electron chi connectivity index (χ0n) is 16.6. The normalized spacial score (nSPS) is 15.9. The number of guanidine groups is 1. The Labute approximate surface area is 193 Å². The van der Waals surface area contributed by atoms with Gasteiger partial charge in [0.05, 0.1) is 12.2 Å². The van der Waals surface area contributed by atoms with Crippen LogP contribution in [0.1, 0.15) is 31.0 Å². The third-order valence-electron chi connectivity index (χ3n) is 4.91. The molecule has 0 radical (unpaired) electrons. The summed E-state index contributed by atoms with van der Waals surface area (Å²) < 4.78 is 3.00. The lowest BCUT2D eigenvalue weighted by Gasteiger charge is -2.33. The van der Waals surface area contributed by atoms with Crippen LogP contribution in [0.25, 0.3) is 0 Å². The third kappa shape index (κ3) is 7.04. The number of aliphatic imine (C=N–C) groups is 1. The van der Waals surface area contributed by atoms with Gasteiger partial charge >= 0.3 is 0 Å². The minimum absolute atomic E-state index is 0. The summed E-state index contributed by atoms with van der Waals surface area (Å²) >= 11 is 3.50. The number of likely N-dealkylation sites (tertiary alicyclic amines) is 1. The molecule has 2 N–H and O–H groups in total. The fourth-order valence-electron chi connectivity index (χ4n) is 3.31. The quantitative estimate of drug-likeness (QED) is 0.322. The number of hydrogen-bond acceptors (Lipinski definition) is 3. The molecule has 0 aliphatic carbocycles. The van der Waals surface area contributed by atoms with Gasteiger partial charge in [0.15, 0.2) is 5.96 Å². The average Bonchev–Trinajstić information content (AvgIpc) is 3.08. The summed E-state index contributed by atoms with van der Waals surface area (Å²) in [7, 11) is 1.95. The van der Waals surface area contributed by atoms with E-state index in [-0.39, 0.29) is 24.0 Å². The largest absolute Gasteiger partial charge is 0.357 e. The maximum Gasteiger partial charge on any atom is 0.191 e. The Hall–Kier alpha value is -1.13. The summed E-state index contributed by atoms with van der Waals surface area (Å²) in [6.45, 7) is 6.83. The number of benzene rings is 1. The van der Waals surface area contributed by atoms with Crippen LogP contribution in [0.4, 0.5) is 0 Å². The van der Waals surface area contributed by atoms with E-state index < -0.39 is 0 Å². The van der Waals surface area contributed by atoms with Crippen molar-refractivity contribution in [1.82, 2.24) is 25.3 Å². The van der Waals surface area contributed by atoms with Crippen molar-refractivity contribution in [3.05, 3.63) is 52.3 Å². The zero-order valence-corrected chi connectivity index (χ0v) is 20.5. The van der Waals surface area contributed by atoms with E-state index in [4.69, 9.17) is 4.99 Å². The molecule has 28 heavy (non-hydrogen) atoms. The fraction of sp³-hybridized carbons (Fsp3) is 0.500. The summed E-state index contributed by atoms with van der Waals surface area (Å²) in [4.78, 5) is 7.25. The molecule has 0 saturated carbocycles. The summed E-state index contributed by atoms with van der Waals surface area (Å²) in [6.07, 6.45) is 4.08. The van der Waals surface area contributed by atoms with E-state index in [0.717, 1.165) is 55.1 Å². The van der Waals surface area contributed by atoms with E-state index in [9.17, 15) is 0 Å². The molecule has 3 rings (SSSR count). The SMILES string of the molecule is CCNC(=NCc1ccnn1C)NC1CCN(Cc2ccc(Br)cc2)CC1.I. The van der Waals surface area contributed by atoms with Crippen molar-refractivity contribution in [3.8, 4) is 0 Å². The highest BCUT2D eigenvalue weighted by Gasteiger charge is 2.20. The molecular formula is C20H30BrIN6. The Kier molecular flexibility index (Phi) is 9.73. The van der Waals surface area contributed by atoms with E-state index in [1.54, 1.807) is 0 Å². The third-order valence-corrected chi connectivity index (χ3v) is 5.44. The number of nitrogens with zero attached hydrogens (tertiary/aromatic N) is 4. The van der Waals surface area contributed by atoms with Gasteiger partial charge in [-0.1, -0.05) is 28.1 Å². The highest BCUT2D eigenvalue weighted by atomic mass is 127. The molecule has 0 atom stereocenters. The number of aryl methyl sites for hydroxylation is 1. The van der Waals surface area contributed by atoms with E-state index in [0.29, 0.717) is 12.6 Å². The van der Waals surface area contributed by atoms with Gasteiger partial charge < -0.3 is 10.6 Å². The molecule has 0 bridgehead atoms. The van der Waals surface area contributed by atoms with Crippen LogP contribution in [0.3, 0.4) is 0 Å². The van der Waals surface area contributed by atoms with Crippen LogP contribution in [0.15, 0.2) is 46.0 Å². The lowest BCUT2D eigenvalue weighted by Crippen LogP contribution is -2.48. The maximum atomic E-state index is 4.72. The second-order valence-electron chi connectivity index (χ2n) is 6.96. The molecule has 0 spiro atoms. The van der Waals surface area contributed by atoms with Crippen molar-refractivity contribution in [2.45, 2.75) is 38.9 Å². The van der Waals surface area contributed by atoms with Crippen LogP contribution in [0, 0.1) is 0 Å². The fourth-order valence-corrected chi connectivity index (χ4v) is 3.58. The second kappa shape index (κ2) is 11.8. The summed E-state index contributed by atoms with van der Waals surface area (Å²) in [5, 5.41) is 11.2. The molecule has 8 heteroatoms. The van der Waals surface area contributed by atoms with Gasteiger partial charge in [-0.2, -0.15) is 5.10 Å². The first-order chi connectivity index (χ1) is 13.1. The van der Waals surface area contributed by atoms with Crippen molar-refractivity contribution >= 4 is 45.9 Å². The molecule has 1 saturated heterocycles. The van der Waals surface area contributed by atoms with Crippen molar-refractivity contribution in [2.24, 2.45) is 12.0 Å². The predicted octanol–water partition coefficient (Wildman–Crippen LogP) is 3.52. The molecule has 6 nitrogen and oxygen atoms in total. The highest BCUT2D eigenvalue weighted by molar-refractivity contribution is 14.0. The first-order valence-electron chi connectivity index (χ1n) is 9.62. The highest BCUT2D eigenvalue weighted by Crippen LogP contribution is 2.16. The van der Waals surface area contributed by atoms with Gasteiger partial charge in [-0.15, -0.1) is 24.0 Å². The first kappa shape index (κ1) is 23.2. The van der Waals surface area contributed by atoms with Crippen LogP contribution >= 0.6 is 39.9 Å². The molecule has 0 unspecified atom stereocenters. The molecule has 1 aliphatic heterocycles. The predicted molar refractivity (Wildman–Crippen MR) is 129 cm³/mol. The number of nitrogens with one attached hydrogen (secondary N) is 2. The minimum Gasteiger partial charge on any atom is -0.357 e. The molecule has 154 valence electrons. The van der Waals surface area contributed by atoms with Crippen LogP contribution in [-0.4, -0.2) is 46.3 Å². The van der Waals surface area contributed by atoms with Gasteiger partial charge in [0.1, 0.15) is 0 Å². The molecule has 1 aliphatic rings. The lowest BCUT2D eigenvalue weighted by atomic mass is 10.0. The monoisotopic (exact) mass is 560 g/mol. The number of rotatable bonds is 6. The Morgan fingerprint density at radius 1 is 1.21 bits per heavy atom. The number of halogens is 2. The lowest BCUT2D eigenvalue weighted by molar-refractivity contribution is 0.198. The van der Waals surface area contributed by atoms with Gasteiger partial charge in [-0.25, -0.2) is 4.99 Å². The van der Waals surface area contributed by atoms with Gasteiger partial charge in [-0.05, 0) is 43.5 Å². The molecular weight excluding hydrogens is 531 g/mol. The van der Waals surface area contributed by atoms with Gasteiger partial charge in [0, 0.05) is 49.9 Å². The summed E-state index contributed by atoms with van der Waals surface area (Å²) in [5.74, 6) is 0.894. The molecule has 1 fully saturated rings. The Morgan fingerprint density at radius 3 is 2.54 bits per heavy atom. The van der Waals surface area contributed by atoms with E-state index in [1.165, 1.54) is 5.56 Å². The summed E-state index contributed by atoms with van der Waals surface area (Å²) in [6, 6.07) is 11.1. The Balaban J connectivity index is 0.00000280. The topological polar surface area (TPSA) is 57.5 Å². The van der Waals surface area contributed by atoms with Crippen molar-refractivity contribution < 1.29 is 0 Å². The number of aromatic nitrogens is 2.